The summed E-state index contributed by atoms with van der Waals surface area (Å²) in [6, 6.07) is 1.92. The van der Waals surface area contributed by atoms with E-state index in [1.165, 1.54) is 0 Å². The van der Waals surface area contributed by atoms with Gasteiger partial charge in [-0.3, -0.25) is 14.6 Å². The molecule has 1 unspecified atom stereocenters. The molecule has 2 heterocycles. The summed E-state index contributed by atoms with van der Waals surface area (Å²) in [7, 11) is 0. The van der Waals surface area contributed by atoms with Gasteiger partial charge in [0.1, 0.15) is 11.2 Å². The fourth-order valence-electron chi connectivity index (χ4n) is 2.78. The zero-order valence-electron chi connectivity index (χ0n) is 16.5. The summed E-state index contributed by atoms with van der Waals surface area (Å²) in [5.74, 6) is 0.315. The highest BCUT2D eigenvalue weighted by Gasteiger charge is 2.42. The van der Waals surface area contributed by atoms with E-state index >= 15 is 0 Å². The lowest BCUT2D eigenvalue weighted by Gasteiger charge is -2.21. The summed E-state index contributed by atoms with van der Waals surface area (Å²) < 4.78 is 0. The zero-order valence-corrected chi connectivity index (χ0v) is 16.5. The van der Waals surface area contributed by atoms with Crippen molar-refractivity contribution in [1.82, 2.24) is 10.3 Å². The predicted octanol–water partition coefficient (Wildman–Crippen LogP) is 3.45. The summed E-state index contributed by atoms with van der Waals surface area (Å²) >= 11 is 0. The number of unbranched alkanes of at least 4 members (excludes halogenated alkanes) is 2. The number of aryl methyl sites for hydroxylation is 1. The summed E-state index contributed by atoms with van der Waals surface area (Å²) in [4.78, 5) is 33.8. The lowest BCUT2D eigenvalue weighted by molar-refractivity contribution is -0.124. The first-order valence-electron chi connectivity index (χ1n) is 9.52. The quantitative estimate of drug-likeness (QED) is 0.698. The van der Waals surface area contributed by atoms with Crippen LogP contribution in [0.2, 0.25) is 0 Å². The Morgan fingerprint density at radius 1 is 1.31 bits per heavy atom. The number of amidine groups is 1. The van der Waals surface area contributed by atoms with Gasteiger partial charge in [0, 0.05) is 12.6 Å². The Labute approximate surface area is 155 Å². The second-order valence-corrected chi connectivity index (χ2v) is 7.32. The predicted molar refractivity (Wildman–Crippen MR) is 104 cm³/mol. The molecule has 0 bridgehead atoms. The van der Waals surface area contributed by atoms with Gasteiger partial charge < -0.3 is 10.6 Å². The van der Waals surface area contributed by atoms with Crippen LogP contribution in [0.15, 0.2) is 17.3 Å². The van der Waals surface area contributed by atoms with E-state index in [0.29, 0.717) is 23.6 Å². The molecule has 0 aliphatic carbocycles. The molecule has 2 rings (SSSR count). The minimum absolute atomic E-state index is 0.0358. The first-order valence-corrected chi connectivity index (χ1v) is 9.52. The van der Waals surface area contributed by atoms with Crippen LogP contribution in [-0.4, -0.2) is 28.2 Å². The Balaban J connectivity index is 2.31. The number of carbonyl (C=O) groups excluding carboxylic acids is 2. The van der Waals surface area contributed by atoms with Gasteiger partial charge in [-0.25, -0.2) is 4.99 Å². The molecular weight excluding hydrogens is 328 g/mol. The third kappa shape index (κ3) is 4.29. The van der Waals surface area contributed by atoms with Crippen LogP contribution in [0.4, 0.5) is 5.69 Å². The Kier molecular flexibility index (Phi) is 6.51. The number of aromatic nitrogens is 1. The zero-order chi connectivity index (χ0) is 19.3. The first kappa shape index (κ1) is 20.1. The van der Waals surface area contributed by atoms with E-state index in [-0.39, 0.29) is 17.7 Å². The molecule has 1 atom stereocenters. The second-order valence-electron chi connectivity index (χ2n) is 7.32. The molecule has 2 amide bonds. The molecule has 0 fully saturated rings. The van der Waals surface area contributed by atoms with Crippen LogP contribution in [0, 0.1) is 5.92 Å². The van der Waals surface area contributed by atoms with Crippen molar-refractivity contribution in [3.05, 3.63) is 23.5 Å². The van der Waals surface area contributed by atoms with Crippen LogP contribution in [0.25, 0.3) is 0 Å². The molecule has 1 aromatic rings. The second kappa shape index (κ2) is 8.43. The van der Waals surface area contributed by atoms with Gasteiger partial charge in [-0.1, -0.05) is 40.5 Å². The third-order valence-electron chi connectivity index (χ3n) is 5.02. The number of nitrogens with one attached hydrogen (secondary N) is 2. The van der Waals surface area contributed by atoms with Crippen LogP contribution in [0.1, 0.15) is 71.6 Å². The van der Waals surface area contributed by atoms with Crippen LogP contribution < -0.4 is 10.6 Å². The number of nitrogens with zero attached hydrogens (tertiary/aromatic N) is 2. The van der Waals surface area contributed by atoms with Crippen molar-refractivity contribution in [2.24, 2.45) is 10.9 Å². The Bertz CT molecular complexity index is 712. The topological polar surface area (TPSA) is 83.5 Å². The largest absolute Gasteiger partial charge is 0.324 e. The van der Waals surface area contributed by atoms with E-state index in [1.54, 1.807) is 6.20 Å². The fraction of sp³-hybridized carbons (Fsp3) is 0.600. The van der Waals surface area contributed by atoms with Crippen molar-refractivity contribution < 1.29 is 9.59 Å². The third-order valence-corrected chi connectivity index (χ3v) is 5.02. The average molecular weight is 358 g/mol. The van der Waals surface area contributed by atoms with Gasteiger partial charge in [0.05, 0.1) is 5.69 Å². The molecule has 6 heteroatoms. The number of amides is 2. The van der Waals surface area contributed by atoms with Gasteiger partial charge in [0.2, 0.25) is 5.91 Å². The minimum Gasteiger partial charge on any atom is -0.324 e. The molecule has 0 radical (unpaired) electrons. The van der Waals surface area contributed by atoms with Gasteiger partial charge in [0.15, 0.2) is 5.84 Å². The lowest BCUT2D eigenvalue weighted by Crippen LogP contribution is -2.41. The molecule has 6 nitrogen and oxygen atoms in total. The maximum atomic E-state index is 12.4. The number of hydrogen-bond donors (Lipinski definition) is 2. The van der Waals surface area contributed by atoms with E-state index in [4.69, 9.17) is 0 Å². The Morgan fingerprint density at radius 2 is 2.04 bits per heavy atom. The van der Waals surface area contributed by atoms with E-state index in [9.17, 15) is 9.59 Å². The van der Waals surface area contributed by atoms with Gasteiger partial charge in [-0.15, -0.1) is 0 Å². The molecule has 26 heavy (non-hydrogen) atoms. The van der Waals surface area contributed by atoms with E-state index in [2.05, 4.69) is 27.5 Å². The number of aliphatic imine (C=N–C) groups is 1. The van der Waals surface area contributed by atoms with Crippen molar-refractivity contribution in [2.45, 2.75) is 72.3 Å². The molecule has 1 aliphatic rings. The Morgan fingerprint density at radius 3 is 2.62 bits per heavy atom. The van der Waals surface area contributed by atoms with E-state index in [0.717, 1.165) is 31.2 Å². The number of rotatable bonds is 8. The average Bonchev–Trinajstić information content (AvgIpc) is 2.91. The normalized spacial score (nSPS) is 19.5. The molecule has 0 spiro atoms. The molecule has 0 saturated carbocycles. The number of hydrogen-bond acceptors (Lipinski definition) is 4. The van der Waals surface area contributed by atoms with Crippen molar-refractivity contribution in [2.75, 3.05) is 5.32 Å². The van der Waals surface area contributed by atoms with Crippen molar-refractivity contribution in [3.8, 4) is 0 Å². The van der Waals surface area contributed by atoms with Crippen LogP contribution in [0.5, 0.6) is 0 Å². The minimum atomic E-state index is -0.817. The fourth-order valence-corrected chi connectivity index (χ4v) is 2.78. The summed E-state index contributed by atoms with van der Waals surface area (Å²) in [6.07, 6.45) is 6.02. The van der Waals surface area contributed by atoms with Crippen LogP contribution in [-0.2, 0) is 16.0 Å². The molecule has 142 valence electrons. The number of pyridine rings is 1. The number of carbonyl (C=O) groups is 2. The van der Waals surface area contributed by atoms with Crippen molar-refractivity contribution in [1.29, 1.82) is 0 Å². The van der Waals surface area contributed by atoms with E-state index in [1.807, 2.05) is 33.8 Å². The molecule has 0 aromatic carbocycles. The molecule has 0 saturated heterocycles. The van der Waals surface area contributed by atoms with Gasteiger partial charge in [0.25, 0.3) is 5.91 Å². The maximum absolute atomic E-state index is 12.4. The Hall–Kier alpha value is -2.24. The number of anilines is 1. The lowest BCUT2D eigenvalue weighted by atomic mass is 9.89. The highest BCUT2D eigenvalue weighted by molar-refractivity contribution is 6.17. The van der Waals surface area contributed by atoms with Crippen LogP contribution in [0.3, 0.4) is 0 Å². The van der Waals surface area contributed by atoms with E-state index < -0.39 is 5.54 Å². The first-order chi connectivity index (χ1) is 12.3. The van der Waals surface area contributed by atoms with Crippen molar-refractivity contribution in [3.63, 3.8) is 0 Å². The standard InChI is InChI=1S/C20H30N4O2/c1-6-8-9-10-16(25)22-15-11-14(7-2)12-21-17(15)18-23-19(26)20(5,24-18)13(3)4/h11-13H,6-10H2,1-5H3,(H,22,25)(H,23,24,26). The highest BCUT2D eigenvalue weighted by Crippen LogP contribution is 2.28. The summed E-state index contributed by atoms with van der Waals surface area (Å²) in [6.45, 7) is 9.90. The maximum Gasteiger partial charge on any atom is 0.253 e. The smallest absolute Gasteiger partial charge is 0.253 e. The molecular formula is C20H30N4O2. The monoisotopic (exact) mass is 358 g/mol. The van der Waals surface area contributed by atoms with Crippen molar-refractivity contribution >= 4 is 23.3 Å². The van der Waals surface area contributed by atoms with Gasteiger partial charge >= 0.3 is 0 Å². The molecule has 1 aliphatic heterocycles. The summed E-state index contributed by atoms with van der Waals surface area (Å²) in [5.41, 5.74) is 1.33. The molecule has 1 aromatic heterocycles. The van der Waals surface area contributed by atoms with Gasteiger partial charge in [-0.2, -0.15) is 0 Å². The van der Waals surface area contributed by atoms with Gasteiger partial charge in [-0.05, 0) is 37.3 Å². The molecule has 2 N–H and O–H groups in total. The summed E-state index contributed by atoms with van der Waals surface area (Å²) in [5, 5.41) is 5.80. The SMILES string of the molecule is CCCCCC(=O)Nc1cc(CC)cnc1C1=NC(C)(C(C)C)C(=O)N1. The van der Waals surface area contributed by atoms with Crippen LogP contribution >= 0.6 is 0 Å². The highest BCUT2D eigenvalue weighted by atomic mass is 16.2.